The van der Waals surface area contributed by atoms with Crippen molar-refractivity contribution in [3.63, 3.8) is 0 Å². The number of ether oxygens (including phenoxy) is 1. The summed E-state index contributed by atoms with van der Waals surface area (Å²) in [6, 6.07) is 0.371. The molecule has 1 saturated carbocycles. The summed E-state index contributed by atoms with van der Waals surface area (Å²) in [5, 5.41) is 13.0. The Bertz CT molecular complexity index is 464. The minimum absolute atomic E-state index is 0.0709. The predicted octanol–water partition coefficient (Wildman–Crippen LogP) is 1.69. The molecule has 24 heavy (non-hydrogen) atoms. The molecule has 1 spiro atoms. The molecule has 5 nitrogen and oxygen atoms in total. The van der Waals surface area contributed by atoms with E-state index < -0.39 is 0 Å². The van der Waals surface area contributed by atoms with Gasteiger partial charge in [0.2, 0.25) is 5.91 Å². The van der Waals surface area contributed by atoms with Gasteiger partial charge in [-0.15, -0.1) is 0 Å². The Balaban J connectivity index is 1.29. The van der Waals surface area contributed by atoms with Gasteiger partial charge in [-0.2, -0.15) is 0 Å². The molecule has 5 heteroatoms. The van der Waals surface area contributed by atoms with E-state index in [1.54, 1.807) is 0 Å². The van der Waals surface area contributed by atoms with Crippen molar-refractivity contribution in [2.45, 2.75) is 75.5 Å². The first-order valence-electron chi connectivity index (χ1n) is 10.0. The number of likely N-dealkylation sites (tertiary alicyclic amines) is 1. The molecule has 0 aromatic heterocycles. The standard InChI is InChI=1S/C19H32N2O3/c22-12-15-16-10-21(13-19(16)9-8-17(15)24-19)11-18(23)20-14-6-4-2-1-3-5-7-14/h14-17,22H,1-13H2,(H,20,23)/t15-,16+,17+,19+/m0/s1. The highest BCUT2D eigenvalue weighted by Crippen LogP contribution is 2.54. The molecule has 0 aromatic carbocycles. The van der Waals surface area contributed by atoms with Crippen LogP contribution >= 0.6 is 0 Å². The third-order valence-corrected chi connectivity index (χ3v) is 6.90. The van der Waals surface area contributed by atoms with Crippen molar-refractivity contribution >= 4 is 5.91 Å². The highest BCUT2D eigenvalue weighted by Gasteiger charge is 2.62. The maximum absolute atomic E-state index is 12.5. The lowest BCUT2D eigenvalue weighted by Gasteiger charge is -2.28. The van der Waals surface area contributed by atoms with E-state index in [0.717, 1.165) is 38.8 Å². The van der Waals surface area contributed by atoms with E-state index in [-0.39, 0.29) is 30.1 Å². The van der Waals surface area contributed by atoms with E-state index in [1.165, 1.54) is 32.1 Å². The summed E-state index contributed by atoms with van der Waals surface area (Å²) in [5.41, 5.74) is -0.0709. The number of carbonyl (C=O) groups is 1. The van der Waals surface area contributed by atoms with E-state index in [1.807, 2.05) is 0 Å². The van der Waals surface area contributed by atoms with E-state index in [2.05, 4.69) is 10.2 Å². The number of rotatable bonds is 4. The van der Waals surface area contributed by atoms with E-state index in [4.69, 9.17) is 4.74 Å². The number of hydrogen-bond donors (Lipinski definition) is 2. The topological polar surface area (TPSA) is 61.8 Å². The van der Waals surface area contributed by atoms with Crippen molar-refractivity contribution < 1.29 is 14.6 Å². The molecule has 4 fully saturated rings. The highest BCUT2D eigenvalue weighted by atomic mass is 16.5. The summed E-state index contributed by atoms with van der Waals surface area (Å²) in [4.78, 5) is 14.8. The number of fused-ring (bicyclic) bond motifs is 1. The normalized spacial score (nSPS) is 40.3. The minimum Gasteiger partial charge on any atom is -0.396 e. The predicted molar refractivity (Wildman–Crippen MR) is 91.6 cm³/mol. The number of aliphatic hydroxyl groups excluding tert-OH is 1. The zero-order chi connectivity index (χ0) is 16.6. The Hall–Kier alpha value is -0.650. The van der Waals surface area contributed by atoms with Gasteiger partial charge in [0.1, 0.15) is 0 Å². The molecule has 3 saturated heterocycles. The molecule has 4 aliphatic rings. The fourth-order valence-electron chi connectivity index (χ4n) is 5.73. The first kappa shape index (κ1) is 16.8. The van der Waals surface area contributed by atoms with Crippen molar-refractivity contribution in [1.29, 1.82) is 0 Å². The van der Waals surface area contributed by atoms with Crippen LogP contribution in [0.1, 0.15) is 57.8 Å². The summed E-state index contributed by atoms with van der Waals surface area (Å²) in [6.07, 6.45) is 11.2. The highest BCUT2D eigenvalue weighted by molar-refractivity contribution is 5.78. The Morgan fingerprint density at radius 1 is 1.17 bits per heavy atom. The van der Waals surface area contributed by atoms with Crippen LogP contribution in [-0.2, 0) is 9.53 Å². The Morgan fingerprint density at radius 2 is 1.92 bits per heavy atom. The van der Waals surface area contributed by atoms with Gasteiger partial charge < -0.3 is 15.2 Å². The molecule has 4 rings (SSSR count). The van der Waals surface area contributed by atoms with Crippen LogP contribution in [0.2, 0.25) is 0 Å². The molecule has 2 bridgehead atoms. The number of amides is 1. The number of aliphatic hydroxyl groups is 1. The first-order valence-corrected chi connectivity index (χ1v) is 10.0. The molecule has 2 N–H and O–H groups in total. The zero-order valence-corrected chi connectivity index (χ0v) is 14.7. The average Bonchev–Trinajstić information content (AvgIpc) is 3.16. The maximum Gasteiger partial charge on any atom is 0.234 e. The number of hydrogen-bond acceptors (Lipinski definition) is 4. The number of carbonyl (C=O) groups excluding carboxylic acids is 1. The average molecular weight is 336 g/mol. The van der Waals surface area contributed by atoms with Crippen molar-refractivity contribution in [2.75, 3.05) is 26.2 Å². The molecule has 136 valence electrons. The minimum atomic E-state index is -0.0709. The van der Waals surface area contributed by atoms with Crippen LogP contribution in [0.5, 0.6) is 0 Å². The Morgan fingerprint density at radius 3 is 2.67 bits per heavy atom. The molecule has 3 aliphatic heterocycles. The smallest absolute Gasteiger partial charge is 0.234 e. The summed E-state index contributed by atoms with van der Waals surface area (Å²) >= 11 is 0. The second-order valence-electron chi connectivity index (χ2n) is 8.49. The van der Waals surface area contributed by atoms with Gasteiger partial charge in [0.15, 0.2) is 0 Å². The van der Waals surface area contributed by atoms with Gasteiger partial charge in [0, 0.05) is 37.6 Å². The number of nitrogens with zero attached hydrogens (tertiary/aromatic N) is 1. The van der Waals surface area contributed by atoms with Crippen molar-refractivity contribution in [1.82, 2.24) is 10.2 Å². The lowest BCUT2D eigenvalue weighted by molar-refractivity contribution is -0.123. The molecule has 1 amide bonds. The van der Waals surface area contributed by atoms with E-state index in [0.29, 0.717) is 18.5 Å². The molecule has 4 atom stereocenters. The first-order chi connectivity index (χ1) is 11.7. The lowest BCUT2D eigenvalue weighted by Crippen LogP contribution is -2.43. The van der Waals surface area contributed by atoms with Gasteiger partial charge in [-0.25, -0.2) is 0 Å². The third-order valence-electron chi connectivity index (χ3n) is 6.90. The Kier molecular flexibility index (Phi) is 4.85. The van der Waals surface area contributed by atoms with Crippen LogP contribution in [0, 0.1) is 11.8 Å². The van der Waals surface area contributed by atoms with Gasteiger partial charge in [0.25, 0.3) is 0 Å². The molecule has 0 radical (unpaired) electrons. The quantitative estimate of drug-likeness (QED) is 0.820. The van der Waals surface area contributed by atoms with E-state index in [9.17, 15) is 9.90 Å². The summed E-state index contributed by atoms with van der Waals surface area (Å²) in [7, 11) is 0. The maximum atomic E-state index is 12.5. The lowest BCUT2D eigenvalue weighted by atomic mass is 9.74. The molecule has 0 unspecified atom stereocenters. The second kappa shape index (κ2) is 6.93. The molecular formula is C19H32N2O3. The van der Waals surface area contributed by atoms with Gasteiger partial charge in [-0.1, -0.05) is 32.1 Å². The third kappa shape index (κ3) is 3.11. The second-order valence-corrected chi connectivity index (χ2v) is 8.49. The van der Waals surface area contributed by atoms with Gasteiger partial charge >= 0.3 is 0 Å². The van der Waals surface area contributed by atoms with Crippen molar-refractivity contribution in [2.24, 2.45) is 11.8 Å². The summed E-state index contributed by atoms with van der Waals surface area (Å²) in [5.74, 6) is 0.861. The van der Waals surface area contributed by atoms with Crippen molar-refractivity contribution in [3.8, 4) is 0 Å². The van der Waals surface area contributed by atoms with Crippen LogP contribution in [-0.4, -0.2) is 59.9 Å². The Labute approximate surface area is 145 Å². The van der Waals surface area contributed by atoms with Crippen LogP contribution in [0.15, 0.2) is 0 Å². The van der Waals surface area contributed by atoms with Crippen LogP contribution in [0.4, 0.5) is 0 Å². The van der Waals surface area contributed by atoms with Gasteiger partial charge in [-0.05, 0) is 25.7 Å². The molecule has 0 aromatic rings. The van der Waals surface area contributed by atoms with Gasteiger partial charge in [-0.3, -0.25) is 9.69 Å². The van der Waals surface area contributed by atoms with Crippen LogP contribution < -0.4 is 5.32 Å². The van der Waals surface area contributed by atoms with E-state index >= 15 is 0 Å². The molecule has 3 heterocycles. The summed E-state index contributed by atoms with van der Waals surface area (Å²) < 4.78 is 6.25. The molecule has 1 aliphatic carbocycles. The summed E-state index contributed by atoms with van der Waals surface area (Å²) in [6.45, 7) is 2.47. The zero-order valence-electron chi connectivity index (χ0n) is 14.7. The largest absolute Gasteiger partial charge is 0.396 e. The SMILES string of the molecule is O=C(CN1C[C@@H]2[C@H](CO)[C@H]3CC[C@]2(C1)O3)NC1CCCCCCC1. The monoisotopic (exact) mass is 336 g/mol. The van der Waals surface area contributed by atoms with Crippen LogP contribution in [0.25, 0.3) is 0 Å². The van der Waals surface area contributed by atoms with Gasteiger partial charge in [0.05, 0.1) is 18.2 Å². The molecular weight excluding hydrogens is 304 g/mol. The van der Waals surface area contributed by atoms with Crippen LogP contribution in [0.3, 0.4) is 0 Å². The fourth-order valence-corrected chi connectivity index (χ4v) is 5.73. The van der Waals surface area contributed by atoms with Crippen molar-refractivity contribution in [3.05, 3.63) is 0 Å². The number of nitrogens with one attached hydrogen (secondary N) is 1. The fraction of sp³-hybridized carbons (Fsp3) is 0.947.